The van der Waals surface area contributed by atoms with E-state index in [2.05, 4.69) is 5.09 Å². The van der Waals surface area contributed by atoms with Crippen LogP contribution in [0, 0.1) is 0 Å². The highest BCUT2D eigenvalue weighted by Crippen LogP contribution is 2.51. The van der Waals surface area contributed by atoms with Gasteiger partial charge in [0.15, 0.2) is 0 Å². The Bertz CT molecular complexity index is 261. The minimum Gasteiger partial charge on any atom is -0.308 e. The molecule has 0 radical (unpaired) electrons. The lowest BCUT2D eigenvalue weighted by Crippen LogP contribution is -2.18. The molecule has 0 saturated carbocycles. The molecule has 0 aliphatic heterocycles. The van der Waals surface area contributed by atoms with E-state index in [9.17, 15) is 9.13 Å². The van der Waals surface area contributed by atoms with Gasteiger partial charge in [0, 0.05) is 0 Å². The third-order valence-corrected chi connectivity index (χ3v) is 5.55. The van der Waals surface area contributed by atoms with Gasteiger partial charge in [-0.25, -0.2) is 9.65 Å². The maximum Gasteiger partial charge on any atom is 0.406 e. The zero-order chi connectivity index (χ0) is 14.1. The molecule has 7 nitrogen and oxygen atoms in total. The molecule has 0 bridgehead atoms. The van der Waals surface area contributed by atoms with E-state index in [0.717, 1.165) is 0 Å². The van der Waals surface area contributed by atoms with Gasteiger partial charge in [-0.05, 0) is 27.7 Å². The Morgan fingerprint density at radius 1 is 0.778 bits per heavy atom. The summed E-state index contributed by atoms with van der Waals surface area (Å²) in [5.41, 5.74) is 0. The van der Waals surface area contributed by atoms with Gasteiger partial charge in [0.25, 0.3) is 0 Å². The summed E-state index contributed by atoms with van der Waals surface area (Å²) in [6, 6.07) is 0. The number of nitrogens with one attached hydrogen (secondary N) is 1. The molecular weight excluding hydrogens is 280 g/mol. The van der Waals surface area contributed by atoms with Crippen LogP contribution in [0.15, 0.2) is 0 Å². The zero-order valence-electron chi connectivity index (χ0n) is 11.4. The molecule has 0 unspecified atom stereocenters. The molecule has 0 rings (SSSR count). The number of rotatable bonds is 11. The quantitative estimate of drug-likeness (QED) is 0.587. The molecule has 0 aromatic rings. The SMILES string of the molecule is CCOP(=O)(CNP(=O)(OCC)OCC)OCC. The van der Waals surface area contributed by atoms with Crippen LogP contribution in [-0.2, 0) is 27.2 Å². The minimum atomic E-state index is -3.45. The van der Waals surface area contributed by atoms with Gasteiger partial charge in [0.2, 0.25) is 0 Å². The van der Waals surface area contributed by atoms with E-state index in [1.165, 1.54) is 0 Å². The molecule has 0 aliphatic rings. The minimum absolute atomic E-state index is 0.216. The average molecular weight is 303 g/mol. The predicted molar refractivity (Wildman–Crippen MR) is 69.7 cm³/mol. The van der Waals surface area contributed by atoms with Crippen molar-refractivity contribution in [2.24, 2.45) is 0 Å². The summed E-state index contributed by atoms with van der Waals surface area (Å²) in [6.07, 6.45) is -0.216. The third-order valence-electron chi connectivity index (χ3n) is 1.71. The van der Waals surface area contributed by atoms with Crippen molar-refractivity contribution in [1.29, 1.82) is 0 Å². The maximum absolute atomic E-state index is 12.1. The van der Waals surface area contributed by atoms with E-state index in [-0.39, 0.29) is 32.7 Å². The first kappa shape index (κ1) is 18.3. The van der Waals surface area contributed by atoms with Crippen molar-refractivity contribution in [1.82, 2.24) is 5.09 Å². The monoisotopic (exact) mass is 303 g/mol. The van der Waals surface area contributed by atoms with Crippen molar-refractivity contribution < 1.29 is 27.2 Å². The smallest absolute Gasteiger partial charge is 0.308 e. The van der Waals surface area contributed by atoms with Gasteiger partial charge in [0.1, 0.15) is 6.29 Å². The molecule has 0 amide bonds. The molecule has 0 aliphatic carbocycles. The molecule has 0 aromatic heterocycles. The summed E-state index contributed by atoms with van der Waals surface area (Å²) in [4.78, 5) is 0. The van der Waals surface area contributed by atoms with E-state index >= 15 is 0 Å². The van der Waals surface area contributed by atoms with Gasteiger partial charge < -0.3 is 9.05 Å². The Morgan fingerprint density at radius 2 is 1.17 bits per heavy atom. The molecule has 0 spiro atoms. The second-order valence-corrected chi connectivity index (χ2v) is 6.98. The number of hydrogen-bond acceptors (Lipinski definition) is 6. The van der Waals surface area contributed by atoms with E-state index in [4.69, 9.17) is 18.1 Å². The lowest BCUT2D eigenvalue weighted by Gasteiger charge is -2.21. The van der Waals surface area contributed by atoms with E-state index in [1.807, 2.05) is 0 Å². The summed E-state index contributed by atoms with van der Waals surface area (Å²) in [5.74, 6) is 0. The predicted octanol–water partition coefficient (Wildman–Crippen LogP) is 2.98. The Labute approximate surface area is 109 Å². The van der Waals surface area contributed by atoms with Crippen molar-refractivity contribution in [3.8, 4) is 0 Å². The Morgan fingerprint density at radius 3 is 1.50 bits per heavy atom. The molecule has 110 valence electrons. The first-order chi connectivity index (χ1) is 8.45. The van der Waals surface area contributed by atoms with E-state index in [1.54, 1.807) is 27.7 Å². The molecule has 0 fully saturated rings. The van der Waals surface area contributed by atoms with E-state index in [0.29, 0.717) is 0 Å². The zero-order valence-corrected chi connectivity index (χ0v) is 13.2. The molecule has 18 heavy (non-hydrogen) atoms. The fourth-order valence-electron chi connectivity index (χ4n) is 1.16. The summed E-state index contributed by atoms with van der Waals surface area (Å²) < 4.78 is 44.4. The maximum atomic E-state index is 12.1. The number of hydrogen-bond donors (Lipinski definition) is 1. The highest BCUT2D eigenvalue weighted by molar-refractivity contribution is 7.56. The van der Waals surface area contributed by atoms with Crippen LogP contribution >= 0.6 is 15.3 Å². The third kappa shape index (κ3) is 7.00. The van der Waals surface area contributed by atoms with Gasteiger partial charge in [-0.2, -0.15) is 0 Å². The van der Waals surface area contributed by atoms with Crippen LogP contribution in [0.5, 0.6) is 0 Å². The lowest BCUT2D eigenvalue weighted by atomic mass is 10.9. The fourth-order valence-corrected chi connectivity index (χ4v) is 4.53. The van der Waals surface area contributed by atoms with Gasteiger partial charge in [-0.1, -0.05) is 0 Å². The summed E-state index contributed by atoms with van der Waals surface area (Å²) in [7, 11) is -6.75. The van der Waals surface area contributed by atoms with Crippen LogP contribution < -0.4 is 5.09 Å². The van der Waals surface area contributed by atoms with Crippen molar-refractivity contribution in [3.63, 3.8) is 0 Å². The standard InChI is InChI=1S/C9H23NO6P2/c1-5-13-17(11,14-6-2)9-10-18(12,15-7-3)16-8-4/h5-9H2,1-4H3,(H,10,12). The Balaban J connectivity index is 4.55. The average Bonchev–Trinajstić information content (AvgIpc) is 2.28. The van der Waals surface area contributed by atoms with Crippen LogP contribution in [0.2, 0.25) is 0 Å². The second-order valence-electron chi connectivity index (χ2n) is 3.10. The topological polar surface area (TPSA) is 83.1 Å². The van der Waals surface area contributed by atoms with Crippen LogP contribution in [0.4, 0.5) is 0 Å². The molecule has 0 atom stereocenters. The largest absolute Gasteiger partial charge is 0.406 e. The van der Waals surface area contributed by atoms with Gasteiger partial charge in [-0.3, -0.25) is 13.6 Å². The van der Waals surface area contributed by atoms with Gasteiger partial charge >= 0.3 is 15.3 Å². The Kier molecular flexibility index (Phi) is 9.34. The summed E-state index contributed by atoms with van der Waals surface area (Å²) in [5, 5.41) is 2.51. The van der Waals surface area contributed by atoms with Crippen LogP contribution in [0.25, 0.3) is 0 Å². The van der Waals surface area contributed by atoms with Crippen LogP contribution in [0.3, 0.4) is 0 Å². The van der Waals surface area contributed by atoms with Gasteiger partial charge in [-0.15, -0.1) is 0 Å². The molecule has 0 aromatic carbocycles. The molecule has 1 N–H and O–H groups in total. The summed E-state index contributed by atoms with van der Waals surface area (Å²) in [6.45, 7) is 7.72. The first-order valence-electron chi connectivity index (χ1n) is 5.97. The van der Waals surface area contributed by atoms with Gasteiger partial charge in [0.05, 0.1) is 26.4 Å². The van der Waals surface area contributed by atoms with Crippen molar-refractivity contribution in [2.75, 3.05) is 32.7 Å². The Hall–Kier alpha value is 0.260. The van der Waals surface area contributed by atoms with Crippen LogP contribution in [-0.4, -0.2) is 32.7 Å². The van der Waals surface area contributed by atoms with Crippen molar-refractivity contribution in [3.05, 3.63) is 0 Å². The molecular formula is C9H23NO6P2. The first-order valence-corrected chi connectivity index (χ1v) is 9.24. The highest BCUT2D eigenvalue weighted by atomic mass is 31.2. The fraction of sp³-hybridized carbons (Fsp3) is 1.00. The molecule has 9 heteroatoms. The van der Waals surface area contributed by atoms with Crippen molar-refractivity contribution in [2.45, 2.75) is 27.7 Å². The lowest BCUT2D eigenvalue weighted by molar-refractivity contribution is 0.202. The van der Waals surface area contributed by atoms with E-state index < -0.39 is 15.3 Å². The van der Waals surface area contributed by atoms with Crippen LogP contribution in [0.1, 0.15) is 27.7 Å². The summed E-state index contributed by atoms with van der Waals surface area (Å²) >= 11 is 0. The van der Waals surface area contributed by atoms with Crippen molar-refractivity contribution >= 4 is 15.3 Å². The highest BCUT2D eigenvalue weighted by Gasteiger charge is 2.30. The molecule has 0 saturated heterocycles. The normalized spacial score (nSPS) is 12.9. The second kappa shape index (κ2) is 9.21. The molecule has 0 heterocycles.